The largest absolute Gasteiger partial charge is 0.355 e. The van der Waals surface area contributed by atoms with Crippen LogP contribution in [0.4, 0.5) is 5.82 Å². The maximum Gasteiger partial charge on any atom is 0.226 e. The van der Waals surface area contributed by atoms with E-state index in [1.165, 1.54) is 0 Å². The summed E-state index contributed by atoms with van der Waals surface area (Å²) in [5, 5.41) is 10.7. The van der Waals surface area contributed by atoms with Crippen molar-refractivity contribution in [2.24, 2.45) is 17.6 Å². The van der Waals surface area contributed by atoms with E-state index in [9.17, 15) is 4.79 Å². The van der Waals surface area contributed by atoms with Gasteiger partial charge >= 0.3 is 0 Å². The topological polar surface area (TPSA) is 107 Å². The zero-order valence-electron chi connectivity index (χ0n) is 21.2. The van der Waals surface area contributed by atoms with Crippen LogP contribution in [0.15, 0.2) is 12.3 Å². The van der Waals surface area contributed by atoms with Crippen LogP contribution in [0.5, 0.6) is 0 Å². The molecule has 190 valence electrons. The molecule has 2 aromatic heterocycles. The summed E-state index contributed by atoms with van der Waals surface area (Å²) in [4.78, 5) is 23.4. The number of carbonyl (C=O) groups is 1. The van der Waals surface area contributed by atoms with Crippen molar-refractivity contribution in [3.63, 3.8) is 0 Å². The molecular weight excluding hydrogens is 442 g/mol. The van der Waals surface area contributed by atoms with Crippen molar-refractivity contribution in [1.82, 2.24) is 35.2 Å². The Morgan fingerprint density at radius 2 is 2.09 bits per heavy atom. The molecular formula is C25H39N9O. The van der Waals surface area contributed by atoms with E-state index in [1.807, 2.05) is 4.52 Å². The molecule has 0 bridgehead atoms. The minimum atomic E-state index is 0.0117. The molecule has 0 aromatic carbocycles. The Morgan fingerprint density at radius 3 is 2.89 bits per heavy atom. The molecule has 0 aliphatic carbocycles. The Kier molecular flexibility index (Phi) is 5.95. The number of hydrogen-bond acceptors (Lipinski definition) is 8. The first-order valence-electron chi connectivity index (χ1n) is 13.3. The lowest BCUT2D eigenvalue weighted by molar-refractivity contribution is -0.143. The van der Waals surface area contributed by atoms with Crippen molar-refractivity contribution >= 4 is 17.4 Å². The van der Waals surface area contributed by atoms with Crippen LogP contribution in [0.2, 0.25) is 0 Å². The molecule has 10 nitrogen and oxygen atoms in total. The summed E-state index contributed by atoms with van der Waals surface area (Å²) in [5.74, 6) is 1.60. The first-order valence-corrected chi connectivity index (χ1v) is 13.3. The summed E-state index contributed by atoms with van der Waals surface area (Å²) in [6, 6.07) is 2.63. The van der Waals surface area contributed by atoms with Gasteiger partial charge in [-0.1, -0.05) is 0 Å². The molecule has 0 saturated carbocycles. The number of likely N-dealkylation sites (tertiary alicyclic amines) is 1. The van der Waals surface area contributed by atoms with Crippen LogP contribution in [0.1, 0.15) is 56.3 Å². The van der Waals surface area contributed by atoms with Gasteiger partial charge in [0.05, 0.1) is 17.9 Å². The van der Waals surface area contributed by atoms with Crippen LogP contribution in [-0.4, -0.2) is 81.9 Å². The molecule has 4 unspecified atom stereocenters. The van der Waals surface area contributed by atoms with Gasteiger partial charge in [-0.2, -0.15) is 5.10 Å². The molecule has 4 aliphatic rings. The quantitative estimate of drug-likeness (QED) is 0.597. The number of nitrogens with zero attached hydrogens (tertiary/aromatic N) is 6. The number of amides is 1. The standard InChI is InChI=1S/C25H39N9O/c1-15-13-34-22(29-23(15)32-9-7-17(26)14-32)11-20(30-34)21-6-4-5-8-33(21)25(35)18-10-16(2)28-24-19(18)12-27-31(24)3/h11,13,16-19,21,24,27-28H,4-10,12,14,26H2,1-3H3/t16?,17-,18?,19?,21-,24?/m0/s1. The van der Waals surface area contributed by atoms with E-state index in [0.29, 0.717) is 11.9 Å². The number of hydrogen-bond donors (Lipinski definition) is 3. The first kappa shape index (κ1) is 23.1. The number of anilines is 1. The Labute approximate surface area is 207 Å². The molecule has 10 heteroatoms. The average Bonchev–Trinajstić information content (AvgIpc) is 3.56. The predicted molar refractivity (Wildman–Crippen MR) is 135 cm³/mol. The molecule has 6 atom stereocenters. The number of aryl methyl sites for hydroxylation is 1. The Hall–Kier alpha value is -2.27. The normalized spacial score (nSPS) is 34.1. The number of nitrogens with two attached hydrogens (primary N) is 1. The van der Waals surface area contributed by atoms with E-state index >= 15 is 0 Å². The van der Waals surface area contributed by atoms with Crippen molar-refractivity contribution in [3.05, 3.63) is 23.5 Å². The van der Waals surface area contributed by atoms with E-state index in [1.54, 1.807) is 0 Å². The maximum atomic E-state index is 14.0. The van der Waals surface area contributed by atoms with Crippen molar-refractivity contribution in [1.29, 1.82) is 0 Å². The highest BCUT2D eigenvalue weighted by Gasteiger charge is 2.47. The van der Waals surface area contributed by atoms with E-state index in [2.05, 4.69) is 58.7 Å². The molecule has 1 amide bonds. The van der Waals surface area contributed by atoms with Gasteiger partial charge in [-0.15, -0.1) is 0 Å². The fourth-order valence-electron chi connectivity index (χ4n) is 6.74. The van der Waals surface area contributed by atoms with Gasteiger partial charge in [-0.25, -0.2) is 14.5 Å². The molecule has 2 aromatic rings. The lowest BCUT2D eigenvalue weighted by atomic mass is 9.80. The van der Waals surface area contributed by atoms with Crippen LogP contribution < -0.4 is 21.4 Å². The molecule has 0 spiro atoms. The van der Waals surface area contributed by atoms with Crippen molar-refractivity contribution in [3.8, 4) is 0 Å². The lowest BCUT2D eigenvalue weighted by Gasteiger charge is -2.43. The SMILES string of the molecule is Cc1cn2nc([C@@H]3CCCCN3C(=O)C3CC(C)NC4C3CNN4C)cc2nc1N1CC[C@H](N)C1. The summed E-state index contributed by atoms with van der Waals surface area (Å²) in [7, 11) is 2.07. The summed E-state index contributed by atoms with van der Waals surface area (Å²) in [6.07, 6.45) is 7.28. The van der Waals surface area contributed by atoms with Gasteiger partial charge in [0.15, 0.2) is 5.65 Å². The smallest absolute Gasteiger partial charge is 0.226 e. The van der Waals surface area contributed by atoms with Crippen LogP contribution in [-0.2, 0) is 4.79 Å². The van der Waals surface area contributed by atoms with Crippen LogP contribution in [0.25, 0.3) is 5.65 Å². The van der Waals surface area contributed by atoms with Crippen LogP contribution in [0.3, 0.4) is 0 Å². The third-order valence-electron chi connectivity index (χ3n) is 8.57. The average molecular weight is 482 g/mol. The van der Waals surface area contributed by atoms with Gasteiger partial charge < -0.3 is 15.5 Å². The van der Waals surface area contributed by atoms with E-state index < -0.39 is 0 Å². The minimum absolute atomic E-state index is 0.0117. The highest BCUT2D eigenvalue weighted by atomic mass is 16.2. The Balaban J connectivity index is 1.28. The fourth-order valence-corrected chi connectivity index (χ4v) is 6.74. The van der Waals surface area contributed by atoms with Crippen LogP contribution >= 0.6 is 0 Å². The molecule has 4 fully saturated rings. The second kappa shape index (κ2) is 8.99. The number of fused-ring (bicyclic) bond motifs is 2. The third-order valence-corrected chi connectivity index (χ3v) is 8.57. The Morgan fingerprint density at radius 1 is 1.23 bits per heavy atom. The van der Waals surface area contributed by atoms with Gasteiger partial charge in [-0.3, -0.25) is 15.5 Å². The number of nitrogens with one attached hydrogen (secondary N) is 2. The zero-order valence-corrected chi connectivity index (χ0v) is 21.2. The predicted octanol–water partition coefficient (Wildman–Crippen LogP) is 1.02. The fraction of sp³-hybridized carbons (Fsp3) is 0.720. The molecule has 4 N–H and O–H groups in total. The minimum Gasteiger partial charge on any atom is -0.355 e. The molecule has 4 saturated heterocycles. The van der Waals surface area contributed by atoms with Gasteiger partial charge in [-0.05, 0) is 46.0 Å². The summed E-state index contributed by atoms with van der Waals surface area (Å²) in [5.41, 5.74) is 12.5. The highest BCUT2D eigenvalue weighted by molar-refractivity contribution is 5.80. The summed E-state index contributed by atoms with van der Waals surface area (Å²) >= 11 is 0. The van der Waals surface area contributed by atoms with Gasteiger partial charge in [0.25, 0.3) is 0 Å². The number of hydrazine groups is 1. The van der Waals surface area contributed by atoms with E-state index in [-0.39, 0.29) is 30.1 Å². The maximum absolute atomic E-state index is 14.0. The van der Waals surface area contributed by atoms with Gasteiger partial charge in [0, 0.05) is 75.0 Å². The van der Waals surface area contributed by atoms with Crippen molar-refractivity contribution in [2.45, 2.75) is 70.2 Å². The molecule has 6 heterocycles. The van der Waals surface area contributed by atoms with Crippen LogP contribution in [0, 0.1) is 18.8 Å². The van der Waals surface area contributed by atoms with Gasteiger partial charge in [0.1, 0.15) is 5.82 Å². The third kappa shape index (κ3) is 4.10. The monoisotopic (exact) mass is 481 g/mol. The summed E-state index contributed by atoms with van der Waals surface area (Å²) in [6.45, 7) is 7.72. The molecule has 35 heavy (non-hydrogen) atoms. The number of carbonyl (C=O) groups excluding carboxylic acids is 1. The zero-order chi connectivity index (χ0) is 24.3. The van der Waals surface area contributed by atoms with E-state index in [0.717, 1.165) is 81.0 Å². The number of rotatable bonds is 3. The molecule has 6 rings (SSSR count). The van der Waals surface area contributed by atoms with Crippen molar-refractivity contribution in [2.75, 3.05) is 38.1 Å². The lowest BCUT2D eigenvalue weighted by Crippen LogP contribution is -2.57. The van der Waals surface area contributed by atoms with E-state index in [4.69, 9.17) is 15.8 Å². The number of aromatic nitrogens is 3. The number of piperidine rings is 2. The Bertz CT molecular complexity index is 1100. The van der Waals surface area contributed by atoms with Gasteiger partial charge in [0.2, 0.25) is 5.91 Å². The second-order valence-corrected chi connectivity index (χ2v) is 11.1. The molecule has 0 radical (unpaired) electrons. The second-order valence-electron chi connectivity index (χ2n) is 11.1. The summed E-state index contributed by atoms with van der Waals surface area (Å²) < 4.78 is 1.89. The van der Waals surface area contributed by atoms with Crippen molar-refractivity contribution < 1.29 is 4.79 Å². The highest BCUT2D eigenvalue weighted by Crippen LogP contribution is 2.37. The first-order chi connectivity index (χ1) is 16.9. The molecule has 4 aliphatic heterocycles.